The maximum absolute atomic E-state index is 12.4. The molecule has 18 heavy (non-hydrogen) atoms. The lowest BCUT2D eigenvalue weighted by molar-refractivity contribution is -0.123. The van der Waals surface area contributed by atoms with Crippen LogP contribution in [0.1, 0.15) is 36.8 Å². The minimum Gasteiger partial charge on any atom is -0.326 e. The lowest BCUT2D eigenvalue weighted by atomic mass is 9.83. The van der Waals surface area contributed by atoms with E-state index in [1.165, 1.54) is 19.3 Å². The van der Waals surface area contributed by atoms with E-state index in [1.54, 1.807) is 0 Å². The summed E-state index contributed by atoms with van der Waals surface area (Å²) in [5.74, 6) is 2.32. The van der Waals surface area contributed by atoms with Crippen LogP contribution in [-0.2, 0) is 17.8 Å². The fraction of sp³-hybridized carbons (Fsp3) is 0.562. The van der Waals surface area contributed by atoms with Crippen molar-refractivity contribution in [3.8, 4) is 0 Å². The first kappa shape index (κ1) is 11.9. The third kappa shape index (κ3) is 2.10. The average Bonchev–Trinajstić information content (AvgIpc) is 3.01. The van der Waals surface area contributed by atoms with Gasteiger partial charge in [0.1, 0.15) is 5.78 Å². The number of benzene rings is 1. The second-order valence-corrected chi connectivity index (χ2v) is 5.90. The van der Waals surface area contributed by atoms with Crippen LogP contribution in [0.2, 0.25) is 0 Å². The van der Waals surface area contributed by atoms with Crippen LogP contribution in [0.3, 0.4) is 0 Å². The Bertz CT molecular complexity index is 454. The molecular formula is C16H21NO. The van der Waals surface area contributed by atoms with Crippen molar-refractivity contribution >= 4 is 5.78 Å². The highest BCUT2D eigenvalue weighted by Gasteiger charge is 2.42. The Hall–Kier alpha value is -1.15. The minimum atomic E-state index is 0.342. The molecule has 2 heteroatoms. The van der Waals surface area contributed by atoms with Gasteiger partial charge in [-0.3, -0.25) is 4.79 Å². The Morgan fingerprint density at radius 1 is 1.17 bits per heavy atom. The van der Waals surface area contributed by atoms with Crippen LogP contribution in [0.5, 0.6) is 0 Å². The number of hydrogen-bond acceptors (Lipinski definition) is 2. The van der Waals surface area contributed by atoms with Crippen molar-refractivity contribution in [1.82, 2.24) is 0 Å². The number of nitrogens with two attached hydrogens (primary N) is 1. The SMILES string of the molecule is NCc1ccccc1CC(=O)C1CC2CCC1C2. The van der Waals surface area contributed by atoms with Crippen LogP contribution >= 0.6 is 0 Å². The molecule has 2 nitrogen and oxygen atoms in total. The van der Waals surface area contributed by atoms with Gasteiger partial charge in [0.05, 0.1) is 0 Å². The van der Waals surface area contributed by atoms with Gasteiger partial charge in [-0.2, -0.15) is 0 Å². The van der Waals surface area contributed by atoms with Crippen LogP contribution in [-0.4, -0.2) is 5.78 Å². The van der Waals surface area contributed by atoms with Crippen molar-refractivity contribution in [3.63, 3.8) is 0 Å². The first-order chi connectivity index (χ1) is 8.78. The van der Waals surface area contributed by atoms with Gasteiger partial charge in [0.15, 0.2) is 0 Å². The normalized spacial score (nSPS) is 29.7. The van der Waals surface area contributed by atoms with E-state index in [0.717, 1.165) is 23.5 Å². The van der Waals surface area contributed by atoms with E-state index >= 15 is 0 Å². The molecule has 0 aliphatic heterocycles. The summed E-state index contributed by atoms with van der Waals surface area (Å²) in [4.78, 5) is 12.4. The standard InChI is InChI=1S/C16H21NO/c17-10-14-4-2-1-3-12(14)9-16(18)15-8-11-5-6-13(15)7-11/h1-4,11,13,15H,5-10,17H2. The lowest BCUT2D eigenvalue weighted by Crippen LogP contribution is -2.23. The molecule has 0 spiro atoms. The van der Waals surface area contributed by atoms with E-state index in [4.69, 9.17) is 5.73 Å². The van der Waals surface area contributed by atoms with Gasteiger partial charge in [-0.15, -0.1) is 0 Å². The number of ketones is 1. The molecule has 2 bridgehead atoms. The van der Waals surface area contributed by atoms with Crippen molar-refractivity contribution in [1.29, 1.82) is 0 Å². The monoisotopic (exact) mass is 243 g/mol. The Balaban J connectivity index is 1.71. The summed E-state index contributed by atoms with van der Waals surface area (Å²) < 4.78 is 0. The third-order valence-corrected chi connectivity index (χ3v) is 4.85. The van der Waals surface area contributed by atoms with Gasteiger partial charge in [-0.25, -0.2) is 0 Å². The number of Topliss-reactive ketones (excluding diaryl/α,β-unsaturated/α-hetero) is 1. The molecule has 1 aromatic rings. The van der Waals surface area contributed by atoms with Crippen LogP contribution in [0.15, 0.2) is 24.3 Å². The smallest absolute Gasteiger partial charge is 0.140 e. The maximum atomic E-state index is 12.4. The first-order valence-corrected chi connectivity index (χ1v) is 7.07. The molecule has 2 fully saturated rings. The van der Waals surface area contributed by atoms with Crippen molar-refractivity contribution in [3.05, 3.63) is 35.4 Å². The maximum Gasteiger partial charge on any atom is 0.140 e. The molecule has 3 rings (SSSR count). The number of rotatable bonds is 4. The molecular weight excluding hydrogens is 222 g/mol. The number of carbonyl (C=O) groups is 1. The summed E-state index contributed by atoms with van der Waals surface area (Å²) in [6.45, 7) is 0.528. The van der Waals surface area contributed by atoms with Crippen molar-refractivity contribution in [2.45, 2.75) is 38.6 Å². The van der Waals surface area contributed by atoms with Gasteiger partial charge in [0, 0.05) is 18.9 Å². The van der Waals surface area contributed by atoms with Gasteiger partial charge in [0.25, 0.3) is 0 Å². The highest BCUT2D eigenvalue weighted by Crippen LogP contribution is 2.48. The zero-order valence-corrected chi connectivity index (χ0v) is 10.8. The van der Waals surface area contributed by atoms with Gasteiger partial charge in [-0.05, 0) is 42.2 Å². The predicted molar refractivity (Wildman–Crippen MR) is 72.0 cm³/mol. The van der Waals surface area contributed by atoms with Crippen molar-refractivity contribution in [2.24, 2.45) is 23.5 Å². The molecule has 2 N–H and O–H groups in total. The molecule has 2 saturated carbocycles. The third-order valence-electron chi connectivity index (χ3n) is 4.85. The molecule has 1 aromatic carbocycles. The second-order valence-electron chi connectivity index (χ2n) is 5.90. The van der Waals surface area contributed by atoms with E-state index in [9.17, 15) is 4.79 Å². The molecule has 3 unspecified atom stereocenters. The van der Waals surface area contributed by atoms with Gasteiger partial charge in [-0.1, -0.05) is 30.7 Å². The summed E-state index contributed by atoms with van der Waals surface area (Å²) >= 11 is 0. The quantitative estimate of drug-likeness (QED) is 0.883. The summed E-state index contributed by atoms with van der Waals surface area (Å²) in [6.07, 6.45) is 5.66. The number of hydrogen-bond donors (Lipinski definition) is 1. The predicted octanol–water partition coefficient (Wildman–Crippen LogP) is 2.69. The summed E-state index contributed by atoms with van der Waals surface area (Å²) in [6, 6.07) is 8.08. The van der Waals surface area contributed by atoms with Gasteiger partial charge >= 0.3 is 0 Å². The highest BCUT2D eigenvalue weighted by molar-refractivity contribution is 5.84. The largest absolute Gasteiger partial charge is 0.326 e. The molecule has 0 radical (unpaired) electrons. The fourth-order valence-corrected chi connectivity index (χ4v) is 3.89. The van der Waals surface area contributed by atoms with Crippen LogP contribution in [0.4, 0.5) is 0 Å². The Morgan fingerprint density at radius 3 is 2.56 bits per heavy atom. The fourth-order valence-electron chi connectivity index (χ4n) is 3.89. The minimum absolute atomic E-state index is 0.342. The van der Waals surface area contributed by atoms with Gasteiger partial charge < -0.3 is 5.73 Å². The van der Waals surface area contributed by atoms with Gasteiger partial charge in [0.2, 0.25) is 0 Å². The number of fused-ring (bicyclic) bond motifs is 2. The van der Waals surface area contributed by atoms with Crippen molar-refractivity contribution in [2.75, 3.05) is 0 Å². The molecule has 2 aliphatic carbocycles. The molecule has 0 saturated heterocycles. The van der Waals surface area contributed by atoms with E-state index in [-0.39, 0.29) is 0 Å². The molecule has 0 amide bonds. The Labute approximate surface area is 109 Å². The second kappa shape index (κ2) is 4.85. The Kier molecular flexibility index (Phi) is 3.21. The van der Waals surface area contributed by atoms with Crippen LogP contribution in [0, 0.1) is 17.8 Å². The molecule has 0 aromatic heterocycles. The lowest BCUT2D eigenvalue weighted by Gasteiger charge is -2.20. The first-order valence-electron chi connectivity index (χ1n) is 7.07. The highest BCUT2D eigenvalue weighted by atomic mass is 16.1. The topological polar surface area (TPSA) is 43.1 Å². The van der Waals surface area contributed by atoms with E-state index in [1.807, 2.05) is 24.3 Å². The molecule has 3 atom stereocenters. The van der Waals surface area contributed by atoms with E-state index < -0.39 is 0 Å². The van der Waals surface area contributed by atoms with E-state index in [2.05, 4.69) is 0 Å². The molecule has 2 aliphatic rings. The average molecular weight is 243 g/mol. The molecule has 0 heterocycles. The zero-order chi connectivity index (χ0) is 12.5. The summed E-state index contributed by atoms with van der Waals surface area (Å²) in [7, 11) is 0. The van der Waals surface area contributed by atoms with Crippen molar-refractivity contribution < 1.29 is 4.79 Å². The van der Waals surface area contributed by atoms with Crippen LogP contribution in [0.25, 0.3) is 0 Å². The number of carbonyl (C=O) groups excluding carboxylic acids is 1. The zero-order valence-electron chi connectivity index (χ0n) is 10.8. The van der Waals surface area contributed by atoms with Crippen LogP contribution < -0.4 is 5.73 Å². The summed E-state index contributed by atoms with van der Waals surface area (Å²) in [5, 5.41) is 0. The summed E-state index contributed by atoms with van der Waals surface area (Å²) in [5.41, 5.74) is 7.98. The molecule has 96 valence electrons. The Morgan fingerprint density at radius 2 is 1.94 bits per heavy atom. The van der Waals surface area contributed by atoms with E-state index in [0.29, 0.717) is 30.6 Å².